The summed E-state index contributed by atoms with van der Waals surface area (Å²) in [6.07, 6.45) is 0. The predicted octanol–water partition coefficient (Wildman–Crippen LogP) is 2.77. The standard InChI is InChI=1S/C24H30N4O5S/c1-15(2)17-8-10-18(11-9-17)24(4)22(30)28(23(31)26-24)14-21(29)25-19-12-7-16(3)20(13-19)34(32,33)27(5)6/h7-13,15H,14H2,1-6H3,(H,25,29)(H,26,31). The minimum atomic E-state index is -3.71. The van der Waals surface area contributed by atoms with Crippen LogP contribution in [0.3, 0.4) is 0 Å². The van der Waals surface area contributed by atoms with E-state index < -0.39 is 40.0 Å². The smallest absolute Gasteiger partial charge is 0.324 e. The van der Waals surface area contributed by atoms with Gasteiger partial charge in [-0.2, -0.15) is 0 Å². The number of hydrogen-bond donors (Lipinski definition) is 2. The van der Waals surface area contributed by atoms with Gasteiger partial charge >= 0.3 is 6.03 Å². The van der Waals surface area contributed by atoms with Gasteiger partial charge in [-0.05, 0) is 48.6 Å². The summed E-state index contributed by atoms with van der Waals surface area (Å²) in [5.74, 6) is -0.837. The number of imide groups is 1. The van der Waals surface area contributed by atoms with Crippen molar-refractivity contribution in [3.63, 3.8) is 0 Å². The third-order valence-electron chi connectivity index (χ3n) is 5.96. The van der Waals surface area contributed by atoms with Crippen LogP contribution in [0.5, 0.6) is 0 Å². The molecule has 1 fully saturated rings. The maximum atomic E-state index is 13.1. The highest BCUT2D eigenvalue weighted by Gasteiger charge is 2.49. The Labute approximate surface area is 200 Å². The Kier molecular flexibility index (Phi) is 6.86. The molecule has 0 saturated carbocycles. The summed E-state index contributed by atoms with van der Waals surface area (Å²) in [6, 6.07) is 11.3. The molecular formula is C24H30N4O5S. The van der Waals surface area contributed by atoms with Crippen LogP contribution in [-0.2, 0) is 25.2 Å². The summed E-state index contributed by atoms with van der Waals surface area (Å²) in [5, 5.41) is 5.27. The van der Waals surface area contributed by atoms with Crippen molar-refractivity contribution in [3.8, 4) is 0 Å². The van der Waals surface area contributed by atoms with Gasteiger partial charge in [-0.1, -0.05) is 44.2 Å². The molecule has 9 nitrogen and oxygen atoms in total. The average Bonchev–Trinajstić information content (AvgIpc) is 2.98. The maximum absolute atomic E-state index is 13.1. The number of sulfonamides is 1. The van der Waals surface area contributed by atoms with E-state index in [1.807, 2.05) is 12.1 Å². The molecule has 1 unspecified atom stereocenters. The van der Waals surface area contributed by atoms with E-state index in [0.29, 0.717) is 17.0 Å². The van der Waals surface area contributed by atoms with Gasteiger partial charge in [-0.3, -0.25) is 14.5 Å². The van der Waals surface area contributed by atoms with Crippen LogP contribution in [0.2, 0.25) is 0 Å². The fourth-order valence-corrected chi connectivity index (χ4v) is 4.88. The van der Waals surface area contributed by atoms with E-state index in [9.17, 15) is 22.8 Å². The molecule has 0 aromatic heterocycles. The Bertz CT molecular complexity index is 1240. The lowest BCUT2D eigenvalue weighted by atomic mass is 9.90. The van der Waals surface area contributed by atoms with E-state index in [1.54, 1.807) is 38.1 Å². The molecule has 182 valence electrons. The van der Waals surface area contributed by atoms with Crippen LogP contribution in [0.4, 0.5) is 10.5 Å². The van der Waals surface area contributed by atoms with Crippen molar-refractivity contribution < 1.29 is 22.8 Å². The van der Waals surface area contributed by atoms with Crippen molar-refractivity contribution in [1.82, 2.24) is 14.5 Å². The van der Waals surface area contributed by atoms with E-state index in [4.69, 9.17) is 0 Å². The van der Waals surface area contributed by atoms with Gasteiger partial charge in [0.25, 0.3) is 5.91 Å². The fraction of sp³-hybridized carbons (Fsp3) is 0.375. The molecule has 2 N–H and O–H groups in total. The molecule has 2 aromatic rings. The minimum absolute atomic E-state index is 0.0581. The molecule has 1 atom stereocenters. The van der Waals surface area contributed by atoms with E-state index >= 15 is 0 Å². The van der Waals surface area contributed by atoms with Crippen LogP contribution < -0.4 is 10.6 Å². The Balaban J connectivity index is 1.77. The van der Waals surface area contributed by atoms with Gasteiger partial charge in [0.05, 0.1) is 4.90 Å². The number of nitrogens with one attached hydrogen (secondary N) is 2. The largest absolute Gasteiger partial charge is 0.325 e. The van der Waals surface area contributed by atoms with Crippen LogP contribution in [0.15, 0.2) is 47.4 Å². The molecule has 2 aromatic carbocycles. The van der Waals surface area contributed by atoms with Crippen molar-refractivity contribution in [2.45, 2.75) is 44.0 Å². The van der Waals surface area contributed by atoms with E-state index in [0.717, 1.165) is 14.8 Å². The first-order valence-corrected chi connectivity index (χ1v) is 12.3. The number of urea groups is 1. The molecule has 4 amide bonds. The number of aryl methyl sites for hydroxylation is 1. The van der Waals surface area contributed by atoms with Gasteiger partial charge in [-0.25, -0.2) is 17.5 Å². The van der Waals surface area contributed by atoms with Gasteiger partial charge in [0, 0.05) is 19.8 Å². The first kappa shape index (κ1) is 25.4. The molecule has 1 aliphatic rings. The van der Waals surface area contributed by atoms with Crippen LogP contribution >= 0.6 is 0 Å². The van der Waals surface area contributed by atoms with Crippen LogP contribution in [0, 0.1) is 6.92 Å². The molecular weight excluding hydrogens is 456 g/mol. The molecule has 0 aliphatic carbocycles. The second-order valence-corrected chi connectivity index (χ2v) is 11.2. The third kappa shape index (κ3) is 4.69. The van der Waals surface area contributed by atoms with E-state index in [1.165, 1.54) is 20.2 Å². The van der Waals surface area contributed by atoms with Crippen LogP contribution in [-0.4, -0.2) is 56.1 Å². The van der Waals surface area contributed by atoms with Crippen LogP contribution in [0.1, 0.15) is 43.4 Å². The van der Waals surface area contributed by atoms with Crippen molar-refractivity contribution in [1.29, 1.82) is 0 Å². The monoisotopic (exact) mass is 486 g/mol. The number of carbonyl (C=O) groups excluding carboxylic acids is 3. The number of carbonyl (C=O) groups is 3. The second kappa shape index (κ2) is 9.19. The Morgan fingerprint density at radius 3 is 2.29 bits per heavy atom. The van der Waals surface area contributed by atoms with Crippen molar-refractivity contribution in [3.05, 3.63) is 59.2 Å². The summed E-state index contributed by atoms with van der Waals surface area (Å²) in [7, 11) is -0.864. The highest BCUT2D eigenvalue weighted by molar-refractivity contribution is 7.89. The van der Waals surface area contributed by atoms with Gasteiger partial charge < -0.3 is 10.6 Å². The highest BCUT2D eigenvalue weighted by atomic mass is 32.2. The maximum Gasteiger partial charge on any atom is 0.325 e. The molecule has 0 spiro atoms. The summed E-state index contributed by atoms with van der Waals surface area (Å²) in [6.45, 7) is 6.88. The Hall–Kier alpha value is -3.24. The van der Waals surface area contributed by atoms with Crippen molar-refractivity contribution in [2.24, 2.45) is 0 Å². The number of hydrogen-bond acceptors (Lipinski definition) is 5. The SMILES string of the molecule is Cc1ccc(NC(=O)CN2C(=O)NC(C)(c3ccc(C(C)C)cc3)C2=O)cc1S(=O)(=O)N(C)C. The summed E-state index contributed by atoms with van der Waals surface area (Å²) >= 11 is 0. The first-order valence-electron chi connectivity index (χ1n) is 10.8. The molecule has 34 heavy (non-hydrogen) atoms. The van der Waals surface area contributed by atoms with E-state index in [2.05, 4.69) is 24.5 Å². The van der Waals surface area contributed by atoms with Crippen molar-refractivity contribution in [2.75, 3.05) is 26.0 Å². The lowest BCUT2D eigenvalue weighted by Gasteiger charge is -2.23. The number of rotatable bonds is 7. The molecule has 1 saturated heterocycles. The van der Waals surface area contributed by atoms with Gasteiger partial charge in [0.15, 0.2) is 0 Å². The third-order valence-corrected chi connectivity index (χ3v) is 7.92. The molecule has 1 heterocycles. The highest BCUT2D eigenvalue weighted by Crippen LogP contribution is 2.30. The Morgan fingerprint density at radius 2 is 1.74 bits per heavy atom. The van der Waals surface area contributed by atoms with E-state index in [-0.39, 0.29) is 10.6 Å². The normalized spacial score (nSPS) is 18.5. The zero-order chi connectivity index (χ0) is 25.4. The topological polar surface area (TPSA) is 116 Å². The number of nitrogens with zero attached hydrogens (tertiary/aromatic N) is 2. The molecule has 3 rings (SSSR count). The Morgan fingerprint density at radius 1 is 1.12 bits per heavy atom. The molecule has 10 heteroatoms. The zero-order valence-electron chi connectivity index (χ0n) is 20.2. The summed E-state index contributed by atoms with van der Waals surface area (Å²) in [4.78, 5) is 39.3. The number of amides is 4. The average molecular weight is 487 g/mol. The van der Waals surface area contributed by atoms with Gasteiger partial charge in [-0.15, -0.1) is 0 Å². The minimum Gasteiger partial charge on any atom is -0.324 e. The zero-order valence-corrected chi connectivity index (χ0v) is 21.0. The fourth-order valence-electron chi connectivity index (χ4n) is 3.73. The second-order valence-electron chi connectivity index (χ2n) is 9.04. The van der Waals surface area contributed by atoms with Crippen molar-refractivity contribution >= 4 is 33.6 Å². The number of anilines is 1. The predicted molar refractivity (Wildman–Crippen MR) is 129 cm³/mol. The molecule has 0 bridgehead atoms. The quantitative estimate of drug-likeness (QED) is 0.584. The lowest BCUT2D eigenvalue weighted by molar-refractivity contribution is -0.133. The summed E-state index contributed by atoms with van der Waals surface area (Å²) < 4.78 is 26.1. The van der Waals surface area contributed by atoms with Gasteiger partial charge in [0.2, 0.25) is 15.9 Å². The molecule has 1 aliphatic heterocycles. The van der Waals surface area contributed by atoms with Gasteiger partial charge in [0.1, 0.15) is 12.1 Å². The first-order chi connectivity index (χ1) is 15.8. The lowest BCUT2D eigenvalue weighted by Crippen LogP contribution is -2.42. The summed E-state index contributed by atoms with van der Waals surface area (Å²) in [5.41, 5.74) is 1.21. The van der Waals surface area contributed by atoms with Crippen LogP contribution in [0.25, 0.3) is 0 Å². The number of benzene rings is 2. The molecule has 0 radical (unpaired) electrons.